The summed E-state index contributed by atoms with van der Waals surface area (Å²) < 4.78 is 9.41. The van der Waals surface area contributed by atoms with E-state index in [1.54, 1.807) is 7.11 Å². The van der Waals surface area contributed by atoms with Gasteiger partial charge in [-0.3, -0.25) is 0 Å². The number of hydrogen-bond donors (Lipinski definition) is 0. The second-order valence-electron chi connectivity index (χ2n) is 1.47. The van der Waals surface area contributed by atoms with E-state index in [1.807, 2.05) is 13.0 Å². The van der Waals surface area contributed by atoms with E-state index in [0.29, 0.717) is 6.79 Å². The van der Waals surface area contributed by atoms with Crippen LogP contribution in [0, 0.1) is 0 Å². The fraction of sp³-hybridized carbons (Fsp3) is 0.571. The van der Waals surface area contributed by atoms with Gasteiger partial charge in [0.2, 0.25) is 0 Å². The van der Waals surface area contributed by atoms with Crippen molar-refractivity contribution < 1.29 is 9.47 Å². The molecule has 0 radical (unpaired) electrons. The van der Waals surface area contributed by atoms with E-state index in [4.69, 9.17) is 4.74 Å². The van der Waals surface area contributed by atoms with Crippen molar-refractivity contribution in [2.24, 2.45) is 0 Å². The third-order valence-electron chi connectivity index (χ3n) is 0.659. The van der Waals surface area contributed by atoms with Gasteiger partial charge in [-0.05, 0) is 12.5 Å². The van der Waals surface area contributed by atoms with Crippen molar-refractivity contribution in [3.05, 3.63) is 18.1 Å². The van der Waals surface area contributed by atoms with Crippen LogP contribution < -0.4 is 0 Å². The lowest BCUT2D eigenvalue weighted by atomic mass is 10.5. The molecule has 0 spiro atoms. The lowest BCUT2D eigenvalue weighted by Gasteiger charge is -1.92. The molecule has 0 saturated carbocycles. The molecule has 0 aliphatic carbocycles. The Kier molecular flexibility index (Phi) is 6.70. The normalized spacial score (nSPS) is 7.78. The highest BCUT2D eigenvalue weighted by molar-refractivity contribution is 4.77. The molecule has 0 N–H and O–H groups in total. The van der Waals surface area contributed by atoms with Crippen molar-refractivity contribution in [3.8, 4) is 0 Å². The van der Waals surface area contributed by atoms with E-state index in [1.165, 1.54) is 6.26 Å². The molecule has 0 atom stereocenters. The summed E-state index contributed by atoms with van der Waals surface area (Å²) in [5.74, 6) is 0. The summed E-state index contributed by atoms with van der Waals surface area (Å²) in [5, 5.41) is 0. The Morgan fingerprint density at radius 2 is 2.33 bits per heavy atom. The zero-order valence-electron chi connectivity index (χ0n) is 5.89. The van der Waals surface area contributed by atoms with Gasteiger partial charge >= 0.3 is 0 Å². The molecular formula is C7H12O2. The summed E-state index contributed by atoms with van der Waals surface area (Å²) in [6.07, 6.45) is 4.36. The van der Waals surface area contributed by atoms with Crippen LogP contribution in [0.3, 0.4) is 0 Å². The van der Waals surface area contributed by atoms with Gasteiger partial charge in [0.15, 0.2) is 6.79 Å². The van der Waals surface area contributed by atoms with Gasteiger partial charge in [0.25, 0.3) is 0 Å². The lowest BCUT2D eigenvalue weighted by molar-refractivity contribution is 0.0201. The van der Waals surface area contributed by atoms with E-state index in [2.05, 4.69) is 10.5 Å². The van der Waals surface area contributed by atoms with Gasteiger partial charge in [-0.25, -0.2) is 0 Å². The molecule has 0 aliphatic rings. The Bertz CT molecular complexity index is 101. The van der Waals surface area contributed by atoms with Crippen LogP contribution in [0.15, 0.2) is 18.1 Å². The standard InChI is InChI=1S/C7H12O2/c1-3-4-5-6-9-7-8-2/h4,6H,3,7H2,1-2H3. The minimum Gasteiger partial charge on any atom is -0.467 e. The molecule has 0 heterocycles. The summed E-state index contributed by atoms with van der Waals surface area (Å²) in [4.78, 5) is 0. The van der Waals surface area contributed by atoms with E-state index >= 15 is 0 Å². The van der Waals surface area contributed by atoms with Crippen molar-refractivity contribution in [2.75, 3.05) is 13.9 Å². The molecule has 0 aromatic rings. The van der Waals surface area contributed by atoms with Gasteiger partial charge in [-0.2, -0.15) is 0 Å². The Labute approximate surface area is 55.8 Å². The molecule has 2 nitrogen and oxygen atoms in total. The van der Waals surface area contributed by atoms with Crippen molar-refractivity contribution in [3.63, 3.8) is 0 Å². The highest BCUT2D eigenvalue weighted by Crippen LogP contribution is 1.77. The summed E-state index contributed by atoms with van der Waals surface area (Å²) in [6.45, 7) is 2.34. The molecule has 0 bridgehead atoms. The molecule has 0 aromatic heterocycles. The molecule has 2 heteroatoms. The molecule has 0 saturated heterocycles. The summed E-state index contributed by atoms with van der Waals surface area (Å²) in [7, 11) is 1.58. The average molecular weight is 128 g/mol. The summed E-state index contributed by atoms with van der Waals surface area (Å²) in [5.41, 5.74) is 2.82. The Hall–Kier alpha value is -0.720. The number of ether oxygens (including phenoxy) is 2. The Balaban J connectivity index is 3.13. The van der Waals surface area contributed by atoms with Crippen LogP contribution in [-0.2, 0) is 9.47 Å². The lowest BCUT2D eigenvalue weighted by Crippen LogP contribution is -1.86. The monoisotopic (exact) mass is 128 g/mol. The van der Waals surface area contributed by atoms with Crippen LogP contribution >= 0.6 is 0 Å². The van der Waals surface area contributed by atoms with Gasteiger partial charge in [-0.1, -0.05) is 12.7 Å². The van der Waals surface area contributed by atoms with Crippen LogP contribution in [0.2, 0.25) is 0 Å². The molecule has 0 amide bonds. The fourth-order valence-electron chi connectivity index (χ4n) is 0.316. The molecule has 0 fully saturated rings. The second kappa shape index (κ2) is 7.28. The minimum absolute atomic E-state index is 0.296. The minimum atomic E-state index is 0.296. The van der Waals surface area contributed by atoms with Crippen LogP contribution in [0.1, 0.15) is 13.3 Å². The first-order valence-electron chi connectivity index (χ1n) is 2.91. The van der Waals surface area contributed by atoms with Crippen molar-refractivity contribution in [1.29, 1.82) is 0 Å². The fourth-order valence-corrected chi connectivity index (χ4v) is 0.316. The van der Waals surface area contributed by atoms with Gasteiger partial charge in [0, 0.05) is 7.11 Å². The highest BCUT2D eigenvalue weighted by atomic mass is 16.7. The van der Waals surface area contributed by atoms with E-state index < -0.39 is 0 Å². The molecule has 0 aromatic carbocycles. The Morgan fingerprint density at radius 1 is 1.56 bits per heavy atom. The molecule has 9 heavy (non-hydrogen) atoms. The van der Waals surface area contributed by atoms with Gasteiger partial charge in [0.05, 0.1) is 0 Å². The largest absolute Gasteiger partial charge is 0.467 e. The molecule has 52 valence electrons. The predicted octanol–water partition coefficient (Wildman–Crippen LogP) is 1.69. The maximum Gasteiger partial charge on any atom is 0.188 e. The number of rotatable bonds is 4. The smallest absolute Gasteiger partial charge is 0.188 e. The number of methoxy groups -OCH3 is 1. The molecule has 0 rings (SSSR count). The van der Waals surface area contributed by atoms with Crippen LogP contribution in [-0.4, -0.2) is 13.9 Å². The zero-order valence-corrected chi connectivity index (χ0v) is 5.89. The van der Waals surface area contributed by atoms with Crippen molar-refractivity contribution >= 4 is 0 Å². The van der Waals surface area contributed by atoms with E-state index in [-0.39, 0.29) is 0 Å². The highest BCUT2D eigenvalue weighted by Gasteiger charge is 1.69. The van der Waals surface area contributed by atoms with Crippen LogP contribution in [0.4, 0.5) is 0 Å². The molecule has 0 aliphatic heterocycles. The number of hydrogen-bond acceptors (Lipinski definition) is 2. The van der Waals surface area contributed by atoms with E-state index in [0.717, 1.165) is 6.42 Å². The Morgan fingerprint density at radius 3 is 2.89 bits per heavy atom. The summed E-state index contributed by atoms with van der Waals surface area (Å²) >= 11 is 0. The molecule has 0 unspecified atom stereocenters. The van der Waals surface area contributed by atoms with Crippen molar-refractivity contribution in [1.82, 2.24) is 0 Å². The maximum atomic E-state index is 4.80. The topological polar surface area (TPSA) is 18.5 Å². The second-order valence-corrected chi connectivity index (χ2v) is 1.47. The van der Waals surface area contributed by atoms with Gasteiger partial charge in [-0.15, -0.1) is 0 Å². The zero-order chi connectivity index (χ0) is 6.95. The first-order valence-corrected chi connectivity index (χ1v) is 2.91. The number of allylic oxidation sites excluding steroid dienone is 1. The average Bonchev–Trinajstić information content (AvgIpc) is 1.89. The van der Waals surface area contributed by atoms with Crippen LogP contribution in [0.5, 0.6) is 0 Å². The third kappa shape index (κ3) is 7.28. The molecular weight excluding hydrogens is 116 g/mol. The van der Waals surface area contributed by atoms with Crippen molar-refractivity contribution in [2.45, 2.75) is 13.3 Å². The SMILES string of the molecule is CCC=C=COCOC. The third-order valence-corrected chi connectivity index (χ3v) is 0.659. The quantitative estimate of drug-likeness (QED) is 0.248. The first-order chi connectivity index (χ1) is 4.41. The van der Waals surface area contributed by atoms with Gasteiger partial charge < -0.3 is 9.47 Å². The first kappa shape index (κ1) is 8.28. The maximum absolute atomic E-state index is 4.80. The van der Waals surface area contributed by atoms with Gasteiger partial charge in [0.1, 0.15) is 6.26 Å². The van der Waals surface area contributed by atoms with Crippen LogP contribution in [0.25, 0.3) is 0 Å². The van der Waals surface area contributed by atoms with E-state index in [9.17, 15) is 0 Å². The summed E-state index contributed by atoms with van der Waals surface area (Å²) in [6, 6.07) is 0. The predicted molar refractivity (Wildman–Crippen MR) is 35.9 cm³/mol.